The molecule has 3 aromatic rings. The van der Waals surface area contributed by atoms with Gasteiger partial charge in [0.05, 0.1) is 4.90 Å². The first-order chi connectivity index (χ1) is 16.8. The van der Waals surface area contributed by atoms with Gasteiger partial charge < -0.3 is 10.2 Å². The highest BCUT2D eigenvalue weighted by molar-refractivity contribution is 7.89. The maximum absolute atomic E-state index is 13.3. The largest absolute Gasteiger partial charge is 0.343 e. The number of nitrogens with one attached hydrogen (secondary N) is 2. The van der Waals surface area contributed by atoms with Crippen LogP contribution in [0.1, 0.15) is 48.5 Å². The molecule has 1 heterocycles. The van der Waals surface area contributed by atoms with Crippen LogP contribution >= 0.6 is 0 Å². The van der Waals surface area contributed by atoms with Gasteiger partial charge in [-0.25, -0.2) is 13.1 Å². The van der Waals surface area contributed by atoms with Crippen LogP contribution in [-0.2, 0) is 14.8 Å². The van der Waals surface area contributed by atoms with Gasteiger partial charge in [-0.1, -0.05) is 48.9 Å². The van der Waals surface area contributed by atoms with Gasteiger partial charge in [0, 0.05) is 47.6 Å². The zero-order valence-corrected chi connectivity index (χ0v) is 20.9. The van der Waals surface area contributed by atoms with Crippen LogP contribution in [-0.4, -0.2) is 44.3 Å². The fraction of sp³-hybridized carbons (Fsp3) is 0.333. The maximum atomic E-state index is 13.3. The molecule has 2 amide bonds. The number of rotatable bonds is 7. The lowest BCUT2D eigenvalue weighted by atomic mass is 10.1. The van der Waals surface area contributed by atoms with Crippen molar-refractivity contribution in [1.82, 2.24) is 9.62 Å². The molecule has 0 bridgehead atoms. The fourth-order valence-electron chi connectivity index (χ4n) is 4.50. The second-order valence-electron chi connectivity index (χ2n) is 9.01. The molecule has 184 valence electrons. The molecule has 2 N–H and O–H groups in total. The molecule has 1 aliphatic rings. The summed E-state index contributed by atoms with van der Waals surface area (Å²) >= 11 is 0. The summed E-state index contributed by atoms with van der Waals surface area (Å²) in [6.07, 6.45) is 2.49. The molecule has 4 rings (SSSR count). The summed E-state index contributed by atoms with van der Waals surface area (Å²) < 4.78 is 29.5. The van der Waals surface area contributed by atoms with Gasteiger partial charge in [-0.15, -0.1) is 0 Å². The van der Waals surface area contributed by atoms with E-state index < -0.39 is 10.0 Å². The monoisotopic (exact) mass is 493 g/mol. The summed E-state index contributed by atoms with van der Waals surface area (Å²) in [6, 6.07) is 17.4. The van der Waals surface area contributed by atoms with Gasteiger partial charge in [-0.05, 0) is 50.5 Å². The van der Waals surface area contributed by atoms with Crippen molar-refractivity contribution in [3.05, 3.63) is 71.8 Å². The number of sulfonamides is 1. The van der Waals surface area contributed by atoms with Gasteiger partial charge in [0.15, 0.2) is 0 Å². The van der Waals surface area contributed by atoms with Crippen LogP contribution < -0.4 is 10.0 Å². The van der Waals surface area contributed by atoms with Crippen molar-refractivity contribution >= 4 is 38.3 Å². The molecule has 0 radical (unpaired) electrons. The number of benzene rings is 3. The molecule has 0 atom stereocenters. The van der Waals surface area contributed by atoms with Gasteiger partial charge in [0.1, 0.15) is 0 Å². The number of fused-ring (bicyclic) bond motifs is 1. The molecule has 3 aromatic carbocycles. The van der Waals surface area contributed by atoms with E-state index in [9.17, 15) is 18.0 Å². The Labute approximate surface area is 206 Å². The summed E-state index contributed by atoms with van der Waals surface area (Å²) in [7, 11) is -3.80. The zero-order valence-electron chi connectivity index (χ0n) is 20.1. The van der Waals surface area contributed by atoms with E-state index in [1.165, 1.54) is 6.07 Å². The number of likely N-dealkylation sites (tertiary alicyclic amines) is 1. The number of hydrogen-bond donors (Lipinski definition) is 2. The van der Waals surface area contributed by atoms with Crippen LogP contribution in [0.2, 0.25) is 0 Å². The number of nitrogens with zero attached hydrogens (tertiary/aromatic N) is 1. The van der Waals surface area contributed by atoms with Crippen molar-refractivity contribution in [3.8, 4) is 0 Å². The summed E-state index contributed by atoms with van der Waals surface area (Å²) in [4.78, 5) is 26.9. The Morgan fingerprint density at radius 1 is 0.971 bits per heavy atom. The predicted octanol–water partition coefficient (Wildman–Crippen LogP) is 4.47. The van der Waals surface area contributed by atoms with Gasteiger partial charge in [0.2, 0.25) is 15.9 Å². The molecular weight excluding hydrogens is 462 g/mol. The van der Waals surface area contributed by atoms with E-state index in [2.05, 4.69) is 10.0 Å². The normalized spacial score (nSPS) is 14.7. The Kier molecular flexibility index (Phi) is 7.52. The van der Waals surface area contributed by atoms with Crippen LogP contribution in [0, 0.1) is 6.92 Å². The van der Waals surface area contributed by atoms with Crippen LogP contribution in [0.15, 0.2) is 65.6 Å². The van der Waals surface area contributed by atoms with Gasteiger partial charge in [0.25, 0.3) is 5.91 Å². The first-order valence-corrected chi connectivity index (χ1v) is 13.5. The number of carbonyl (C=O) groups is 2. The predicted molar refractivity (Wildman–Crippen MR) is 138 cm³/mol. The molecule has 0 spiro atoms. The van der Waals surface area contributed by atoms with Crippen molar-refractivity contribution < 1.29 is 18.0 Å². The molecule has 35 heavy (non-hydrogen) atoms. The van der Waals surface area contributed by atoms with E-state index in [0.717, 1.165) is 12.0 Å². The highest BCUT2D eigenvalue weighted by Gasteiger charge is 2.27. The van der Waals surface area contributed by atoms with Crippen molar-refractivity contribution in [2.75, 3.05) is 18.4 Å². The van der Waals surface area contributed by atoms with Crippen molar-refractivity contribution in [1.29, 1.82) is 0 Å². The first-order valence-electron chi connectivity index (χ1n) is 12.0. The molecule has 1 saturated heterocycles. The van der Waals surface area contributed by atoms with Crippen LogP contribution in [0.3, 0.4) is 0 Å². The topological polar surface area (TPSA) is 95.6 Å². The molecule has 0 aromatic heterocycles. The summed E-state index contributed by atoms with van der Waals surface area (Å²) in [6.45, 7) is 5.00. The highest BCUT2D eigenvalue weighted by Crippen LogP contribution is 2.30. The Bertz CT molecular complexity index is 1350. The summed E-state index contributed by atoms with van der Waals surface area (Å²) in [5, 5.41) is 4.11. The molecule has 1 fully saturated rings. The third kappa shape index (κ3) is 5.71. The fourth-order valence-corrected chi connectivity index (χ4v) is 6.01. The quantitative estimate of drug-likeness (QED) is 0.508. The number of aryl methyl sites for hydroxylation is 1. The SMILES string of the molecule is CCCC(=O)N1CCC(NS(=O)(=O)c2ccc(NC(=O)c3cccc(C)c3)c3ccccc23)CC1. The molecule has 0 unspecified atom stereocenters. The number of anilines is 1. The molecular formula is C27H31N3O4S. The first kappa shape index (κ1) is 24.9. The second kappa shape index (κ2) is 10.6. The van der Waals surface area contributed by atoms with E-state index in [1.807, 2.05) is 36.9 Å². The standard InChI is InChI=1S/C27H31N3O4S/c1-3-7-26(31)30-16-14-21(15-17-30)29-35(33,34)25-13-12-24(22-10-4-5-11-23(22)25)28-27(32)20-9-6-8-19(2)18-20/h4-6,8-13,18,21,29H,3,7,14-17H2,1-2H3,(H,28,32). The molecule has 0 aliphatic carbocycles. The minimum Gasteiger partial charge on any atom is -0.343 e. The van der Waals surface area contributed by atoms with Crippen LogP contribution in [0.4, 0.5) is 5.69 Å². The Hall–Kier alpha value is -3.23. The van der Waals surface area contributed by atoms with Crippen LogP contribution in [0.25, 0.3) is 10.8 Å². The van der Waals surface area contributed by atoms with E-state index in [-0.39, 0.29) is 22.8 Å². The van der Waals surface area contributed by atoms with Crippen molar-refractivity contribution in [2.24, 2.45) is 0 Å². The lowest BCUT2D eigenvalue weighted by Gasteiger charge is -2.32. The molecule has 7 nitrogen and oxygen atoms in total. The average molecular weight is 494 g/mol. The second-order valence-corrected chi connectivity index (χ2v) is 10.7. The highest BCUT2D eigenvalue weighted by atomic mass is 32.2. The summed E-state index contributed by atoms with van der Waals surface area (Å²) in [5.41, 5.74) is 2.07. The van der Waals surface area contributed by atoms with E-state index in [0.29, 0.717) is 54.4 Å². The number of piperidine rings is 1. The number of carbonyl (C=O) groups excluding carboxylic acids is 2. The van der Waals surface area contributed by atoms with E-state index in [1.54, 1.807) is 36.4 Å². The third-order valence-corrected chi connectivity index (χ3v) is 7.91. The minimum atomic E-state index is -3.80. The minimum absolute atomic E-state index is 0.128. The van der Waals surface area contributed by atoms with E-state index in [4.69, 9.17) is 0 Å². The molecule has 1 aliphatic heterocycles. The lowest BCUT2D eigenvalue weighted by molar-refractivity contribution is -0.132. The Morgan fingerprint density at radius 3 is 2.37 bits per heavy atom. The number of amides is 2. The van der Waals surface area contributed by atoms with Gasteiger partial charge >= 0.3 is 0 Å². The third-order valence-electron chi connectivity index (χ3n) is 6.34. The molecule has 0 saturated carbocycles. The van der Waals surface area contributed by atoms with Crippen molar-refractivity contribution in [3.63, 3.8) is 0 Å². The van der Waals surface area contributed by atoms with Gasteiger partial charge in [-0.3, -0.25) is 9.59 Å². The van der Waals surface area contributed by atoms with E-state index >= 15 is 0 Å². The smallest absolute Gasteiger partial charge is 0.255 e. The van der Waals surface area contributed by atoms with Crippen molar-refractivity contribution in [2.45, 2.75) is 50.5 Å². The molecule has 8 heteroatoms. The average Bonchev–Trinajstić information content (AvgIpc) is 2.84. The van der Waals surface area contributed by atoms with Crippen LogP contribution in [0.5, 0.6) is 0 Å². The lowest BCUT2D eigenvalue weighted by Crippen LogP contribution is -2.46. The summed E-state index contributed by atoms with van der Waals surface area (Å²) in [5.74, 6) is -0.125. The number of hydrogen-bond acceptors (Lipinski definition) is 4. The maximum Gasteiger partial charge on any atom is 0.255 e. The Morgan fingerprint density at radius 2 is 1.69 bits per heavy atom. The van der Waals surface area contributed by atoms with Gasteiger partial charge in [-0.2, -0.15) is 0 Å². The zero-order chi connectivity index (χ0) is 25.0. The Balaban J connectivity index is 1.54.